The van der Waals surface area contributed by atoms with E-state index in [1.54, 1.807) is 66.5 Å². The van der Waals surface area contributed by atoms with E-state index in [1.165, 1.54) is 28.5 Å². The molecule has 0 aliphatic carbocycles. The molecule has 0 N–H and O–H groups in total. The third kappa shape index (κ3) is 4.79. The standard InChI is InChI=1S/C25H21ClFN3O2S/c1-16(17-11-13-18(27)14-12-17)29(2)23(31)15-33-25-28-21-9-5-3-7-19(21)24(32)30(25)22-10-6-4-8-20(22)26/h3-14,16H,15H2,1-2H3. The molecular formula is C25H21ClFN3O2S. The third-order valence-electron chi connectivity index (χ3n) is 5.49. The summed E-state index contributed by atoms with van der Waals surface area (Å²) in [5.74, 6) is -0.405. The topological polar surface area (TPSA) is 55.2 Å². The molecule has 0 aliphatic rings. The highest BCUT2D eigenvalue weighted by Gasteiger charge is 2.20. The second-order valence-electron chi connectivity index (χ2n) is 7.52. The largest absolute Gasteiger partial charge is 0.338 e. The second kappa shape index (κ2) is 9.77. The lowest BCUT2D eigenvalue weighted by Gasteiger charge is -2.25. The molecule has 1 unspecified atom stereocenters. The van der Waals surface area contributed by atoms with Crippen molar-refractivity contribution in [1.29, 1.82) is 0 Å². The van der Waals surface area contributed by atoms with Crippen molar-refractivity contribution in [3.63, 3.8) is 0 Å². The Balaban J connectivity index is 1.65. The highest BCUT2D eigenvalue weighted by Crippen LogP contribution is 2.27. The predicted octanol–water partition coefficient (Wildman–Crippen LogP) is 5.49. The molecule has 1 atom stereocenters. The highest BCUT2D eigenvalue weighted by molar-refractivity contribution is 7.99. The van der Waals surface area contributed by atoms with Gasteiger partial charge >= 0.3 is 0 Å². The highest BCUT2D eigenvalue weighted by atomic mass is 35.5. The van der Waals surface area contributed by atoms with Crippen LogP contribution >= 0.6 is 23.4 Å². The van der Waals surface area contributed by atoms with E-state index in [0.717, 1.165) is 5.56 Å². The van der Waals surface area contributed by atoms with E-state index in [9.17, 15) is 14.0 Å². The van der Waals surface area contributed by atoms with Crippen molar-refractivity contribution < 1.29 is 9.18 Å². The van der Waals surface area contributed by atoms with Crippen LogP contribution in [0.1, 0.15) is 18.5 Å². The summed E-state index contributed by atoms with van der Waals surface area (Å²) in [6.07, 6.45) is 0. The number of thioether (sulfide) groups is 1. The van der Waals surface area contributed by atoms with Crippen LogP contribution in [0.5, 0.6) is 0 Å². The minimum atomic E-state index is -0.324. The number of hydrogen-bond donors (Lipinski definition) is 0. The fraction of sp³-hybridized carbons (Fsp3) is 0.160. The molecule has 0 saturated carbocycles. The zero-order chi connectivity index (χ0) is 23.5. The molecule has 5 nitrogen and oxygen atoms in total. The van der Waals surface area contributed by atoms with Crippen LogP contribution < -0.4 is 5.56 Å². The quantitative estimate of drug-likeness (QED) is 0.270. The van der Waals surface area contributed by atoms with Gasteiger partial charge in [0.25, 0.3) is 5.56 Å². The van der Waals surface area contributed by atoms with Gasteiger partial charge in [0.2, 0.25) is 5.91 Å². The van der Waals surface area contributed by atoms with Crippen LogP contribution in [0.25, 0.3) is 16.6 Å². The van der Waals surface area contributed by atoms with E-state index in [4.69, 9.17) is 11.6 Å². The Hall–Kier alpha value is -3.16. The van der Waals surface area contributed by atoms with Gasteiger partial charge in [0.05, 0.1) is 33.4 Å². The van der Waals surface area contributed by atoms with Crippen molar-refractivity contribution in [2.24, 2.45) is 0 Å². The van der Waals surface area contributed by atoms with Crippen molar-refractivity contribution in [1.82, 2.24) is 14.5 Å². The van der Waals surface area contributed by atoms with Gasteiger partial charge in [-0.1, -0.05) is 59.8 Å². The number of hydrogen-bond acceptors (Lipinski definition) is 4. The van der Waals surface area contributed by atoms with Crippen LogP contribution in [0.3, 0.4) is 0 Å². The molecule has 33 heavy (non-hydrogen) atoms. The lowest BCUT2D eigenvalue weighted by molar-refractivity contribution is -0.128. The van der Waals surface area contributed by atoms with Crippen LogP contribution in [0.2, 0.25) is 5.02 Å². The first-order valence-corrected chi connectivity index (χ1v) is 11.6. The average molecular weight is 482 g/mol. The molecule has 8 heteroatoms. The third-order valence-corrected chi connectivity index (χ3v) is 6.73. The summed E-state index contributed by atoms with van der Waals surface area (Å²) in [6.45, 7) is 1.88. The first-order chi connectivity index (χ1) is 15.9. The monoisotopic (exact) mass is 481 g/mol. The van der Waals surface area contributed by atoms with Gasteiger partial charge in [-0.05, 0) is 48.9 Å². The Bertz CT molecular complexity index is 1370. The van der Waals surface area contributed by atoms with Crippen molar-refractivity contribution in [3.8, 4) is 5.69 Å². The van der Waals surface area contributed by atoms with Gasteiger partial charge in [0.15, 0.2) is 5.16 Å². The van der Waals surface area contributed by atoms with Gasteiger partial charge in [-0.2, -0.15) is 0 Å². The molecule has 0 radical (unpaired) electrons. The van der Waals surface area contributed by atoms with Gasteiger partial charge < -0.3 is 4.90 Å². The molecule has 168 valence electrons. The number of para-hydroxylation sites is 2. The molecule has 0 saturated heterocycles. The summed E-state index contributed by atoms with van der Waals surface area (Å²) in [4.78, 5) is 32.5. The molecule has 1 aromatic heterocycles. The van der Waals surface area contributed by atoms with Crippen LogP contribution in [0.4, 0.5) is 4.39 Å². The SMILES string of the molecule is CC(c1ccc(F)cc1)N(C)C(=O)CSc1nc2ccccc2c(=O)n1-c1ccccc1Cl. The molecule has 0 fully saturated rings. The van der Waals surface area contributed by atoms with E-state index in [1.807, 2.05) is 13.0 Å². The van der Waals surface area contributed by atoms with E-state index < -0.39 is 0 Å². The van der Waals surface area contributed by atoms with E-state index in [0.29, 0.717) is 26.8 Å². The average Bonchev–Trinajstić information content (AvgIpc) is 2.83. The Kier molecular flexibility index (Phi) is 6.81. The summed E-state index contributed by atoms with van der Waals surface area (Å²) in [6, 6.07) is 19.9. The molecule has 0 spiro atoms. The second-order valence-corrected chi connectivity index (χ2v) is 8.87. The molecule has 1 heterocycles. The molecule has 3 aromatic carbocycles. The minimum Gasteiger partial charge on any atom is -0.338 e. The Morgan fingerprint density at radius 1 is 1.09 bits per heavy atom. The van der Waals surface area contributed by atoms with Gasteiger partial charge in [0.1, 0.15) is 5.82 Å². The van der Waals surface area contributed by atoms with E-state index in [-0.39, 0.29) is 29.1 Å². The number of amides is 1. The van der Waals surface area contributed by atoms with Crippen LogP contribution in [-0.2, 0) is 4.79 Å². The van der Waals surface area contributed by atoms with Crippen LogP contribution in [0.15, 0.2) is 82.7 Å². The molecule has 4 aromatic rings. The molecular weight excluding hydrogens is 461 g/mol. The summed E-state index contributed by atoms with van der Waals surface area (Å²) < 4.78 is 14.7. The van der Waals surface area contributed by atoms with Gasteiger partial charge in [-0.15, -0.1) is 0 Å². The zero-order valence-electron chi connectivity index (χ0n) is 18.0. The number of rotatable bonds is 6. The van der Waals surface area contributed by atoms with Crippen molar-refractivity contribution >= 4 is 40.2 Å². The van der Waals surface area contributed by atoms with Crippen LogP contribution in [-0.4, -0.2) is 33.2 Å². The van der Waals surface area contributed by atoms with E-state index in [2.05, 4.69) is 4.98 Å². The Morgan fingerprint density at radius 2 is 1.76 bits per heavy atom. The smallest absolute Gasteiger partial charge is 0.266 e. The molecule has 0 aliphatic heterocycles. The first kappa shape index (κ1) is 23.0. The van der Waals surface area contributed by atoms with Gasteiger partial charge in [-0.3, -0.25) is 14.2 Å². The summed E-state index contributed by atoms with van der Waals surface area (Å²) >= 11 is 7.56. The maximum atomic E-state index is 13.3. The molecule has 0 bridgehead atoms. The Morgan fingerprint density at radius 3 is 2.48 bits per heavy atom. The minimum absolute atomic E-state index is 0.0667. The normalized spacial score (nSPS) is 12.0. The van der Waals surface area contributed by atoms with Gasteiger partial charge in [-0.25, -0.2) is 9.37 Å². The Labute approximate surface area is 199 Å². The fourth-order valence-corrected chi connectivity index (χ4v) is 4.61. The maximum Gasteiger partial charge on any atom is 0.266 e. The van der Waals surface area contributed by atoms with Crippen molar-refractivity contribution in [3.05, 3.63) is 99.6 Å². The molecule has 4 rings (SSSR count). The van der Waals surface area contributed by atoms with Crippen LogP contribution in [0, 0.1) is 5.82 Å². The van der Waals surface area contributed by atoms with Gasteiger partial charge in [0, 0.05) is 7.05 Å². The zero-order valence-corrected chi connectivity index (χ0v) is 19.6. The first-order valence-electron chi connectivity index (χ1n) is 10.3. The number of benzene rings is 3. The number of nitrogens with zero attached hydrogens (tertiary/aromatic N) is 3. The van der Waals surface area contributed by atoms with E-state index >= 15 is 0 Å². The number of fused-ring (bicyclic) bond motifs is 1. The summed E-state index contributed by atoms with van der Waals surface area (Å²) in [5.41, 5.74) is 1.63. The lowest BCUT2D eigenvalue weighted by atomic mass is 10.1. The summed E-state index contributed by atoms with van der Waals surface area (Å²) in [7, 11) is 1.70. The molecule has 1 amide bonds. The van der Waals surface area contributed by atoms with Crippen molar-refractivity contribution in [2.75, 3.05) is 12.8 Å². The number of aromatic nitrogens is 2. The van der Waals surface area contributed by atoms with Crippen molar-refractivity contribution in [2.45, 2.75) is 18.1 Å². The maximum absolute atomic E-state index is 13.3. The fourth-order valence-electron chi connectivity index (χ4n) is 3.46. The number of halogens is 2. The summed E-state index contributed by atoms with van der Waals surface area (Å²) in [5, 5.41) is 1.25. The number of carbonyl (C=O) groups is 1. The number of carbonyl (C=O) groups excluding carboxylic acids is 1. The predicted molar refractivity (Wildman–Crippen MR) is 131 cm³/mol. The lowest BCUT2D eigenvalue weighted by Crippen LogP contribution is -2.31.